The van der Waals surface area contributed by atoms with E-state index in [1.807, 2.05) is 13.0 Å². The van der Waals surface area contributed by atoms with Crippen molar-refractivity contribution in [3.05, 3.63) is 60.0 Å². The Morgan fingerprint density at radius 1 is 1.04 bits per heavy atom. The molecule has 0 aliphatic carbocycles. The van der Waals surface area contributed by atoms with Crippen molar-refractivity contribution in [3.63, 3.8) is 0 Å². The van der Waals surface area contributed by atoms with Crippen molar-refractivity contribution in [1.82, 2.24) is 20.2 Å². The van der Waals surface area contributed by atoms with Crippen LogP contribution in [0.3, 0.4) is 0 Å². The molecule has 0 amide bonds. The molecular formula is C16H12F3N5. The van der Waals surface area contributed by atoms with Gasteiger partial charge in [-0.05, 0) is 48.9 Å². The first kappa shape index (κ1) is 15.9. The summed E-state index contributed by atoms with van der Waals surface area (Å²) in [6.07, 6.45) is -1.89. The maximum Gasteiger partial charge on any atom is 0.433 e. The number of benzene rings is 1. The number of hydrogen-bond donors (Lipinski definition) is 1. The molecule has 2 heterocycles. The fourth-order valence-corrected chi connectivity index (χ4v) is 2.16. The standard InChI is InChI=1S/C16H12F3N5/c1-10-7-11(13-3-2-5-21-24-13)9-12(8-10)22-15-20-6-4-14(23-15)16(17,18)19/h2-9H,1H3,(H,20,22,23). The van der Waals surface area contributed by atoms with Crippen LogP contribution in [0.1, 0.15) is 11.3 Å². The van der Waals surface area contributed by atoms with Crippen molar-refractivity contribution in [2.24, 2.45) is 0 Å². The Labute approximate surface area is 135 Å². The molecule has 8 heteroatoms. The van der Waals surface area contributed by atoms with Crippen molar-refractivity contribution >= 4 is 11.6 Å². The van der Waals surface area contributed by atoms with Crippen molar-refractivity contribution in [3.8, 4) is 11.3 Å². The average Bonchev–Trinajstić information content (AvgIpc) is 2.54. The number of rotatable bonds is 3. The number of anilines is 2. The van der Waals surface area contributed by atoms with E-state index >= 15 is 0 Å². The van der Waals surface area contributed by atoms with Crippen molar-refractivity contribution in [2.75, 3.05) is 5.32 Å². The lowest BCUT2D eigenvalue weighted by Crippen LogP contribution is -2.10. The highest BCUT2D eigenvalue weighted by Gasteiger charge is 2.32. The first-order chi connectivity index (χ1) is 11.4. The zero-order valence-corrected chi connectivity index (χ0v) is 12.5. The third kappa shape index (κ3) is 3.65. The first-order valence-electron chi connectivity index (χ1n) is 6.99. The Morgan fingerprint density at radius 3 is 2.58 bits per heavy atom. The summed E-state index contributed by atoms with van der Waals surface area (Å²) >= 11 is 0. The molecule has 0 radical (unpaired) electrons. The molecule has 2 aromatic heterocycles. The van der Waals surface area contributed by atoms with E-state index in [0.717, 1.165) is 23.4 Å². The van der Waals surface area contributed by atoms with E-state index in [1.54, 1.807) is 30.5 Å². The zero-order valence-electron chi connectivity index (χ0n) is 12.5. The highest BCUT2D eigenvalue weighted by atomic mass is 19.4. The fourth-order valence-electron chi connectivity index (χ4n) is 2.16. The van der Waals surface area contributed by atoms with E-state index in [0.29, 0.717) is 11.4 Å². The summed E-state index contributed by atoms with van der Waals surface area (Å²) < 4.78 is 38.2. The molecule has 0 fully saturated rings. The van der Waals surface area contributed by atoms with Gasteiger partial charge in [0.25, 0.3) is 0 Å². The van der Waals surface area contributed by atoms with E-state index in [2.05, 4.69) is 25.5 Å². The summed E-state index contributed by atoms with van der Waals surface area (Å²) in [7, 11) is 0. The Balaban J connectivity index is 1.92. The van der Waals surface area contributed by atoms with Crippen LogP contribution in [0.4, 0.5) is 24.8 Å². The minimum atomic E-state index is -4.52. The van der Waals surface area contributed by atoms with Crippen LogP contribution < -0.4 is 5.32 Å². The molecule has 0 saturated carbocycles. The largest absolute Gasteiger partial charge is 0.433 e. The SMILES string of the molecule is Cc1cc(Nc2nccc(C(F)(F)F)n2)cc(-c2cccnn2)c1. The first-order valence-corrected chi connectivity index (χ1v) is 6.99. The van der Waals surface area contributed by atoms with Gasteiger partial charge in [-0.15, -0.1) is 0 Å². The van der Waals surface area contributed by atoms with Crippen molar-refractivity contribution in [2.45, 2.75) is 13.1 Å². The topological polar surface area (TPSA) is 63.6 Å². The van der Waals surface area contributed by atoms with Crippen LogP contribution in [0.25, 0.3) is 11.3 Å². The summed E-state index contributed by atoms with van der Waals surface area (Å²) in [6.45, 7) is 1.87. The van der Waals surface area contributed by atoms with E-state index in [1.165, 1.54) is 0 Å². The Morgan fingerprint density at radius 2 is 1.88 bits per heavy atom. The molecule has 1 N–H and O–H groups in total. The van der Waals surface area contributed by atoms with Gasteiger partial charge in [-0.2, -0.15) is 23.4 Å². The second kappa shape index (κ2) is 6.23. The molecule has 0 bridgehead atoms. The van der Waals surface area contributed by atoms with Gasteiger partial charge in [-0.25, -0.2) is 9.97 Å². The molecule has 0 spiro atoms. The van der Waals surface area contributed by atoms with Crippen LogP contribution in [0.5, 0.6) is 0 Å². The molecule has 0 atom stereocenters. The molecule has 0 unspecified atom stereocenters. The lowest BCUT2D eigenvalue weighted by Gasteiger charge is -2.10. The number of hydrogen-bond acceptors (Lipinski definition) is 5. The molecule has 5 nitrogen and oxygen atoms in total. The van der Waals surface area contributed by atoms with Crippen LogP contribution >= 0.6 is 0 Å². The molecule has 0 aliphatic rings. The zero-order chi connectivity index (χ0) is 17.2. The molecule has 24 heavy (non-hydrogen) atoms. The lowest BCUT2D eigenvalue weighted by molar-refractivity contribution is -0.141. The van der Waals surface area contributed by atoms with Gasteiger partial charge in [0.05, 0.1) is 5.69 Å². The highest BCUT2D eigenvalue weighted by Crippen LogP contribution is 2.29. The quantitative estimate of drug-likeness (QED) is 0.786. The normalized spacial score (nSPS) is 11.3. The van der Waals surface area contributed by atoms with Crippen LogP contribution in [-0.4, -0.2) is 20.2 Å². The summed E-state index contributed by atoms with van der Waals surface area (Å²) in [5.41, 5.74) is 1.93. The monoisotopic (exact) mass is 331 g/mol. The predicted molar refractivity (Wildman–Crippen MR) is 82.5 cm³/mol. The molecule has 3 aromatic rings. The Bertz CT molecular complexity index is 850. The van der Waals surface area contributed by atoms with E-state index in [9.17, 15) is 13.2 Å². The summed E-state index contributed by atoms with van der Waals surface area (Å²) in [4.78, 5) is 7.33. The number of alkyl halides is 3. The molecule has 0 saturated heterocycles. The molecule has 1 aromatic carbocycles. The minimum absolute atomic E-state index is 0.125. The number of halogens is 3. The minimum Gasteiger partial charge on any atom is -0.324 e. The van der Waals surface area contributed by atoms with Gasteiger partial charge >= 0.3 is 6.18 Å². The van der Waals surface area contributed by atoms with Gasteiger partial charge in [-0.3, -0.25) is 0 Å². The smallest absolute Gasteiger partial charge is 0.324 e. The van der Waals surface area contributed by atoms with Crippen molar-refractivity contribution < 1.29 is 13.2 Å². The second-order valence-corrected chi connectivity index (χ2v) is 5.08. The van der Waals surface area contributed by atoms with Gasteiger partial charge in [-0.1, -0.05) is 0 Å². The van der Waals surface area contributed by atoms with Gasteiger partial charge in [0.2, 0.25) is 5.95 Å². The number of nitrogens with zero attached hydrogens (tertiary/aromatic N) is 4. The second-order valence-electron chi connectivity index (χ2n) is 5.08. The third-order valence-electron chi connectivity index (χ3n) is 3.15. The van der Waals surface area contributed by atoms with Gasteiger partial charge in [0, 0.05) is 23.6 Å². The van der Waals surface area contributed by atoms with E-state index < -0.39 is 11.9 Å². The third-order valence-corrected chi connectivity index (χ3v) is 3.15. The van der Waals surface area contributed by atoms with E-state index in [4.69, 9.17) is 0 Å². The van der Waals surface area contributed by atoms with Crippen LogP contribution in [0, 0.1) is 6.92 Å². The van der Waals surface area contributed by atoms with Crippen LogP contribution in [0.2, 0.25) is 0 Å². The maximum absolute atomic E-state index is 12.7. The average molecular weight is 331 g/mol. The van der Waals surface area contributed by atoms with Gasteiger partial charge < -0.3 is 5.32 Å². The molecule has 122 valence electrons. The molecule has 3 rings (SSSR count). The summed E-state index contributed by atoms with van der Waals surface area (Å²) in [5, 5.41) is 10.6. The molecule has 0 aliphatic heterocycles. The van der Waals surface area contributed by atoms with Gasteiger partial charge in [0.1, 0.15) is 5.69 Å². The Kier molecular flexibility index (Phi) is 4.11. The Hall–Kier alpha value is -3.03. The lowest BCUT2D eigenvalue weighted by atomic mass is 10.1. The van der Waals surface area contributed by atoms with Crippen molar-refractivity contribution in [1.29, 1.82) is 0 Å². The van der Waals surface area contributed by atoms with E-state index in [-0.39, 0.29) is 5.95 Å². The van der Waals surface area contributed by atoms with Crippen LogP contribution in [0.15, 0.2) is 48.8 Å². The highest BCUT2D eigenvalue weighted by molar-refractivity contribution is 5.68. The van der Waals surface area contributed by atoms with Crippen LogP contribution in [-0.2, 0) is 6.18 Å². The summed E-state index contributed by atoms with van der Waals surface area (Å²) in [5.74, 6) is -0.125. The molecular weight excluding hydrogens is 319 g/mol. The predicted octanol–water partition coefficient (Wildman–Crippen LogP) is 4.00. The number of aromatic nitrogens is 4. The summed E-state index contributed by atoms with van der Waals surface area (Å²) in [6, 6.07) is 9.82. The maximum atomic E-state index is 12.7. The van der Waals surface area contributed by atoms with Gasteiger partial charge in [0.15, 0.2) is 0 Å². The number of nitrogens with one attached hydrogen (secondary N) is 1. The number of aryl methyl sites for hydroxylation is 1. The fraction of sp³-hybridized carbons (Fsp3) is 0.125.